The zero-order chi connectivity index (χ0) is 13.0. The highest BCUT2D eigenvalue weighted by atomic mass is 16.5. The van der Waals surface area contributed by atoms with Crippen LogP contribution >= 0.6 is 0 Å². The van der Waals surface area contributed by atoms with Crippen LogP contribution < -0.4 is 10.5 Å². The third kappa shape index (κ3) is 3.01. The lowest BCUT2D eigenvalue weighted by atomic mass is 10.1. The van der Waals surface area contributed by atoms with E-state index in [0.29, 0.717) is 32.0 Å². The van der Waals surface area contributed by atoms with E-state index in [9.17, 15) is 4.79 Å². The normalized spacial score (nSPS) is 19.3. The Kier molecular flexibility index (Phi) is 4.20. The number of benzene rings is 1. The summed E-state index contributed by atoms with van der Waals surface area (Å²) in [5, 5.41) is 0. The average molecular weight is 248 g/mol. The van der Waals surface area contributed by atoms with Crippen molar-refractivity contribution in [2.75, 3.05) is 19.7 Å². The van der Waals surface area contributed by atoms with Crippen LogP contribution in [-0.4, -0.2) is 30.5 Å². The van der Waals surface area contributed by atoms with Gasteiger partial charge in [-0.15, -0.1) is 0 Å². The maximum absolute atomic E-state index is 11.8. The Morgan fingerprint density at radius 1 is 1.39 bits per heavy atom. The quantitative estimate of drug-likeness (QED) is 0.856. The minimum absolute atomic E-state index is 0.208. The number of carbonyl (C=O) groups is 1. The van der Waals surface area contributed by atoms with Gasteiger partial charge in [0.25, 0.3) is 0 Å². The van der Waals surface area contributed by atoms with Gasteiger partial charge in [-0.1, -0.05) is 12.1 Å². The van der Waals surface area contributed by atoms with E-state index in [4.69, 9.17) is 10.5 Å². The van der Waals surface area contributed by atoms with Gasteiger partial charge >= 0.3 is 0 Å². The van der Waals surface area contributed by atoms with E-state index in [2.05, 4.69) is 0 Å². The number of rotatable bonds is 5. The smallest absolute Gasteiger partial charge is 0.223 e. The van der Waals surface area contributed by atoms with Gasteiger partial charge in [0, 0.05) is 19.5 Å². The Labute approximate surface area is 108 Å². The van der Waals surface area contributed by atoms with Gasteiger partial charge in [-0.25, -0.2) is 0 Å². The highest BCUT2D eigenvalue weighted by molar-refractivity contribution is 5.78. The van der Waals surface area contributed by atoms with E-state index < -0.39 is 0 Å². The molecule has 98 valence electrons. The molecule has 0 bridgehead atoms. The molecule has 1 heterocycles. The molecule has 0 spiro atoms. The molecular weight excluding hydrogens is 228 g/mol. The SMILES string of the molecule is CCOc1ccc(CN2CC(CN)CC2=O)cc1. The minimum Gasteiger partial charge on any atom is -0.494 e. The average Bonchev–Trinajstić information content (AvgIpc) is 2.73. The van der Waals surface area contributed by atoms with Crippen molar-refractivity contribution in [1.82, 2.24) is 4.90 Å². The molecule has 4 nitrogen and oxygen atoms in total. The fourth-order valence-electron chi connectivity index (χ4n) is 2.24. The van der Waals surface area contributed by atoms with Crippen LogP contribution in [0.1, 0.15) is 18.9 Å². The van der Waals surface area contributed by atoms with Crippen molar-refractivity contribution in [3.05, 3.63) is 29.8 Å². The summed E-state index contributed by atoms with van der Waals surface area (Å²) in [5.41, 5.74) is 6.74. The first-order valence-electron chi connectivity index (χ1n) is 6.42. The number of hydrogen-bond donors (Lipinski definition) is 1. The third-order valence-electron chi connectivity index (χ3n) is 3.24. The lowest BCUT2D eigenvalue weighted by Gasteiger charge is -2.16. The maximum atomic E-state index is 11.8. The summed E-state index contributed by atoms with van der Waals surface area (Å²) in [4.78, 5) is 13.6. The van der Waals surface area contributed by atoms with Crippen molar-refractivity contribution in [3.63, 3.8) is 0 Å². The molecule has 2 N–H and O–H groups in total. The molecule has 1 aromatic carbocycles. The second-order valence-corrected chi connectivity index (χ2v) is 4.66. The van der Waals surface area contributed by atoms with Crippen LogP contribution in [0.25, 0.3) is 0 Å². The second-order valence-electron chi connectivity index (χ2n) is 4.66. The van der Waals surface area contributed by atoms with E-state index >= 15 is 0 Å². The van der Waals surface area contributed by atoms with Gasteiger partial charge in [-0.3, -0.25) is 4.79 Å². The van der Waals surface area contributed by atoms with Gasteiger partial charge in [-0.2, -0.15) is 0 Å². The Bertz CT molecular complexity index is 403. The molecule has 0 saturated carbocycles. The molecule has 0 aromatic heterocycles. The highest BCUT2D eigenvalue weighted by Gasteiger charge is 2.28. The Morgan fingerprint density at radius 2 is 2.11 bits per heavy atom. The van der Waals surface area contributed by atoms with Gasteiger partial charge in [0.2, 0.25) is 5.91 Å². The van der Waals surface area contributed by atoms with E-state index in [1.807, 2.05) is 36.1 Å². The standard InChI is InChI=1S/C14H20N2O2/c1-2-18-13-5-3-11(4-6-13)9-16-10-12(8-15)7-14(16)17/h3-6,12H,2,7-10,15H2,1H3. The van der Waals surface area contributed by atoms with Crippen molar-refractivity contribution in [2.45, 2.75) is 19.9 Å². The number of likely N-dealkylation sites (tertiary alicyclic amines) is 1. The number of nitrogens with two attached hydrogens (primary N) is 1. The first kappa shape index (κ1) is 12.9. The Morgan fingerprint density at radius 3 is 2.67 bits per heavy atom. The summed E-state index contributed by atoms with van der Waals surface area (Å²) in [6.07, 6.45) is 0.591. The number of amides is 1. The minimum atomic E-state index is 0.208. The Balaban J connectivity index is 1.95. The van der Waals surface area contributed by atoms with E-state index in [-0.39, 0.29) is 5.91 Å². The van der Waals surface area contributed by atoms with Crippen molar-refractivity contribution >= 4 is 5.91 Å². The molecule has 0 radical (unpaired) electrons. The maximum Gasteiger partial charge on any atom is 0.223 e. The second kappa shape index (κ2) is 5.87. The summed E-state index contributed by atoms with van der Waals surface area (Å²) in [5.74, 6) is 1.40. The van der Waals surface area contributed by atoms with E-state index in [1.54, 1.807) is 0 Å². The number of hydrogen-bond acceptors (Lipinski definition) is 3. The van der Waals surface area contributed by atoms with Crippen molar-refractivity contribution in [2.24, 2.45) is 11.7 Å². The molecule has 1 amide bonds. The van der Waals surface area contributed by atoms with Crippen LogP contribution in [0.15, 0.2) is 24.3 Å². The first-order chi connectivity index (χ1) is 8.72. The first-order valence-corrected chi connectivity index (χ1v) is 6.42. The molecular formula is C14H20N2O2. The fraction of sp³-hybridized carbons (Fsp3) is 0.500. The van der Waals surface area contributed by atoms with E-state index in [0.717, 1.165) is 17.9 Å². The van der Waals surface area contributed by atoms with Gasteiger partial charge in [0.1, 0.15) is 5.75 Å². The molecule has 4 heteroatoms. The van der Waals surface area contributed by atoms with Crippen LogP contribution in [0.5, 0.6) is 5.75 Å². The van der Waals surface area contributed by atoms with Gasteiger partial charge in [-0.05, 0) is 37.1 Å². The summed E-state index contributed by atoms with van der Waals surface area (Å²) < 4.78 is 5.39. The van der Waals surface area contributed by atoms with Crippen LogP contribution in [0.4, 0.5) is 0 Å². The van der Waals surface area contributed by atoms with Gasteiger partial charge in [0.15, 0.2) is 0 Å². The van der Waals surface area contributed by atoms with Gasteiger partial charge < -0.3 is 15.4 Å². The Hall–Kier alpha value is -1.55. The number of ether oxygens (including phenoxy) is 1. The molecule has 1 aliphatic heterocycles. The lowest BCUT2D eigenvalue weighted by molar-refractivity contribution is -0.128. The molecule has 1 unspecified atom stereocenters. The van der Waals surface area contributed by atoms with E-state index in [1.165, 1.54) is 0 Å². The largest absolute Gasteiger partial charge is 0.494 e. The monoisotopic (exact) mass is 248 g/mol. The van der Waals surface area contributed by atoms with Crippen LogP contribution in [0.2, 0.25) is 0 Å². The molecule has 0 aliphatic carbocycles. The fourth-order valence-corrected chi connectivity index (χ4v) is 2.24. The molecule has 2 rings (SSSR count). The molecule has 18 heavy (non-hydrogen) atoms. The molecule has 1 aromatic rings. The van der Waals surface area contributed by atoms with Crippen molar-refractivity contribution in [1.29, 1.82) is 0 Å². The molecule has 1 fully saturated rings. The van der Waals surface area contributed by atoms with Gasteiger partial charge in [0.05, 0.1) is 6.61 Å². The van der Waals surface area contributed by atoms with Crippen LogP contribution in [-0.2, 0) is 11.3 Å². The molecule has 1 aliphatic rings. The molecule has 1 saturated heterocycles. The zero-order valence-corrected chi connectivity index (χ0v) is 10.8. The third-order valence-corrected chi connectivity index (χ3v) is 3.24. The van der Waals surface area contributed by atoms with Crippen LogP contribution in [0, 0.1) is 5.92 Å². The summed E-state index contributed by atoms with van der Waals surface area (Å²) in [6, 6.07) is 7.90. The lowest BCUT2D eigenvalue weighted by Crippen LogP contribution is -2.25. The highest BCUT2D eigenvalue weighted by Crippen LogP contribution is 2.20. The predicted molar refractivity (Wildman–Crippen MR) is 70.2 cm³/mol. The van der Waals surface area contributed by atoms with Crippen molar-refractivity contribution < 1.29 is 9.53 Å². The topological polar surface area (TPSA) is 55.6 Å². The predicted octanol–water partition coefficient (Wildman–Crippen LogP) is 1.39. The number of nitrogens with zero attached hydrogens (tertiary/aromatic N) is 1. The number of carbonyl (C=O) groups excluding carboxylic acids is 1. The zero-order valence-electron chi connectivity index (χ0n) is 10.8. The van der Waals surface area contributed by atoms with Crippen LogP contribution in [0.3, 0.4) is 0 Å². The summed E-state index contributed by atoms with van der Waals surface area (Å²) in [6.45, 7) is 4.67. The molecule has 1 atom stereocenters. The summed E-state index contributed by atoms with van der Waals surface area (Å²) in [7, 11) is 0. The van der Waals surface area contributed by atoms with Crippen molar-refractivity contribution in [3.8, 4) is 5.75 Å². The summed E-state index contributed by atoms with van der Waals surface area (Å²) >= 11 is 0.